The van der Waals surface area contributed by atoms with Crippen molar-refractivity contribution >= 4 is 35.8 Å². The van der Waals surface area contributed by atoms with Crippen LogP contribution in [0.3, 0.4) is 0 Å². The average Bonchev–Trinajstić information content (AvgIpc) is 3.01. The summed E-state index contributed by atoms with van der Waals surface area (Å²) < 4.78 is 44.1. The van der Waals surface area contributed by atoms with Crippen molar-refractivity contribution in [2.45, 2.75) is 120 Å². The summed E-state index contributed by atoms with van der Waals surface area (Å²) >= 11 is 0. The Kier molecular flexibility index (Phi) is 7.22. The summed E-state index contributed by atoms with van der Waals surface area (Å²) in [5, 5.41) is 21.2. The zero-order valence-electron chi connectivity index (χ0n) is 26.1. The van der Waals surface area contributed by atoms with Crippen molar-refractivity contribution in [2.24, 2.45) is 5.41 Å². The molecular weight excluding hydrogens is 640 g/mol. The monoisotopic (exact) mass is 674 g/mol. The molecule has 48 heavy (non-hydrogen) atoms. The van der Waals surface area contributed by atoms with Gasteiger partial charge in [-0.15, -0.1) is 0 Å². The number of hydrogen-bond acceptors (Lipinski definition) is 16. The summed E-state index contributed by atoms with van der Waals surface area (Å²) in [6.45, 7) is 1.05. The maximum absolute atomic E-state index is 13.4. The Morgan fingerprint density at radius 2 is 0.875 bits per heavy atom. The van der Waals surface area contributed by atoms with Crippen LogP contribution in [0.1, 0.15) is 96.8 Å². The SMILES string of the molecule is CC1(C2=C(O)OC3(CCCCC3)OC2=O)C(=O)OC2(CCC3(CC2)OC(=O)C(=CC2=C(O)OC4(CCCCC4)OC2=O)C(=O)O3)OC1=O. The zero-order valence-corrected chi connectivity index (χ0v) is 26.1. The Labute approximate surface area is 272 Å². The van der Waals surface area contributed by atoms with Gasteiger partial charge in [0.15, 0.2) is 0 Å². The minimum Gasteiger partial charge on any atom is -0.480 e. The number of rotatable bonds is 2. The molecule has 0 amide bonds. The predicted octanol–water partition coefficient (Wildman–Crippen LogP) is 3.09. The molecule has 7 rings (SSSR count). The van der Waals surface area contributed by atoms with E-state index in [9.17, 15) is 39.0 Å². The summed E-state index contributed by atoms with van der Waals surface area (Å²) in [7, 11) is 0. The van der Waals surface area contributed by atoms with Crippen LogP contribution in [-0.2, 0) is 66.7 Å². The Hall–Kier alpha value is -4.76. The highest BCUT2D eigenvalue weighted by Gasteiger charge is 2.66. The van der Waals surface area contributed by atoms with Crippen molar-refractivity contribution in [3.8, 4) is 0 Å². The van der Waals surface area contributed by atoms with Crippen LogP contribution in [0.4, 0.5) is 0 Å². The van der Waals surface area contributed by atoms with E-state index >= 15 is 0 Å². The number of aliphatic hydroxyl groups excluding tert-OH is 2. The van der Waals surface area contributed by atoms with Crippen molar-refractivity contribution < 1.29 is 76.9 Å². The molecule has 0 radical (unpaired) electrons. The second-order valence-corrected chi connectivity index (χ2v) is 13.4. The van der Waals surface area contributed by atoms with Crippen LogP contribution in [0.2, 0.25) is 0 Å². The number of hydrogen-bond donors (Lipinski definition) is 2. The van der Waals surface area contributed by atoms with Crippen LogP contribution in [0.25, 0.3) is 0 Å². The molecule has 4 spiro atoms. The molecule has 4 heterocycles. The van der Waals surface area contributed by atoms with Gasteiger partial charge in [-0.3, -0.25) is 9.59 Å². The second-order valence-electron chi connectivity index (χ2n) is 13.4. The van der Waals surface area contributed by atoms with Gasteiger partial charge in [0, 0.05) is 51.4 Å². The molecule has 3 saturated carbocycles. The molecule has 0 aromatic heterocycles. The highest BCUT2D eigenvalue weighted by Crippen LogP contribution is 2.51. The van der Waals surface area contributed by atoms with Gasteiger partial charge in [-0.2, -0.15) is 0 Å². The molecule has 16 nitrogen and oxygen atoms in total. The lowest BCUT2D eigenvalue weighted by molar-refractivity contribution is -0.303. The van der Waals surface area contributed by atoms with Gasteiger partial charge >= 0.3 is 35.8 Å². The highest BCUT2D eigenvalue weighted by molar-refractivity contribution is 6.17. The van der Waals surface area contributed by atoms with Crippen LogP contribution in [0.15, 0.2) is 34.7 Å². The maximum atomic E-state index is 13.4. The number of ether oxygens (including phenoxy) is 8. The zero-order chi connectivity index (χ0) is 34.1. The van der Waals surface area contributed by atoms with E-state index < -0.39 is 93.0 Å². The Balaban J connectivity index is 1.03. The molecular formula is C32H34O16. The van der Waals surface area contributed by atoms with Crippen molar-refractivity contribution in [3.05, 3.63) is 34.7 Å². The minimum absolute atomic E-state index is 0.266. The lowest BCUT2D eigenvalue weighted by Gasteiger charge is -2.48. The fourth-order valence-electron chi connectivity index (χ4n) is 7.33. The fraction of sp³-hybridized carbons (Fsp3) is 0.625. The molecule has 0 bridgehead atoms. The maximum Gasteiger partial charge on any atom is 0.348 e. The summed E-state index contributed by atoms with van der Waals surface area (Å²) in [5.74, 6) is -14.9. The van der Waals surface area contributed by atoms with Gasteiger partial charge in [0.05, 0.1) is 0 Å². The van der Waals surface area contributed by atoms with E-state index in [-0.39, 0.29) is 25.7 Å². The smallest absolute Gasteiger partial charge is 0.348 e. The molecule has 0 atom stereocenters. The highest BCUT2D eigenvalue weighted by atomic mass is 16.8. The Morgan fingerprint density at radius 3 is 1.33 bits per heavy atom. The van der Waals surface area contributed by atoms with E-state index in [1.54, 1.807) is 0 Å². The van der Waals surface area contributed by atoms with Crippen molar-refractivity contribution in [3.63, 3.8) is 0 Å². The van der Waals surface area contributed by atoms with E-state index in [4.69, 9.17) is 37.9 Å². The standard InChI is InChI=1S/C32H34O16/c1-28(19-24(37)45-30(46-25(19)38)10-6-3-7-11-30)26(39)47-32(48-27(28)40)14-12-31(13-15-32)43-22(35)18(23(36)44-31)16-17-20(33)41-29(42-21(17)34)8-4-2-5-9-29/h16,33,37H,2-15H2,1H3. The Morgan fingerprint density at radius 1 is 0.479 bits per heavy atom. The number of esters is 6. The largest absolute Gasteiger partial charge is 0.480 e. The third kappa shape index (κ3) is 5.03. The molecule has 2 saturated heterocycles. The third-order valence-corrected chi connectivity index (χ3v) is 10.2. The lowest BCUT2D eigenvalue weighted by atomic mass is 9.79. The minimum atomic E-state index is -2.41. The van der Waals surface area contributed by atoms with Gasteiger partial charge in [-0.05, 0) is 38.7 Å². The predicted molar refractivity (Wildman–Crippen MR) is 150 cm³/mol. The normalized spacial score (nSPS) is 34.5. The molecule has 5 fully saturated rings. The molecule has 16 heteroatoms. The summed E-state index contributed by atoms with van der Waals surface area (Å²) in [6, 6.07) is 0. The van der Waals surface area contributed by atoms with Gasteiger partial charge in [0.1, 0.15) is 16.7 Å². The second kappa shape index (κ2) is 10.9. The van der Waals surface area contributed by atoms with Crippen LogP contribution in [-0.4, -0.2) is 69.2 Å². The number of aliphatic hydroxyl groups is 2. The topological polar surface area (TPSA) is 217 Å². The quantitative estimate of drug-likeness (QED) is 0.141. The first kappa shape index (κ1) is 31.8. The molecule has 2 N–H and O–H groups in total. The number of carbonyl (C=O) groups excluding carboxylic acids is 6. The summed E-state index contributed by atoms with van der Waals surface area (Å²) in [6.07, 6.45) is 5.77. The van der Waals surface area contributed by atoms with Crippen molar-refractivity contribution in [2.75, 3.05) is 0 Å². The molecule has 0 aromatic carbocycles. The molecule has 4 aliphatic heterocycles. The Bertz CT molecular complexity index is 1550. The van der Waals surface area contributed by atoms with Crippen LogP contribution >= 0.6 is 0 Å². The van der Waals surface area contributed by atoms with Gasteiger partial charge in [-0.25, -0.2) is 19.2 Å². The molecule has 0 unspecified atom stereocenters. The van der Waals surface area contributed by atoms with Crippen molar-refractivity contribution in [1.82, 2.24) is 0 Å². The molecule has 3 aliphatic carbocycles. The van der Waals surface area contributed by atoms with Gasteiger partial charge < -0.3 is 48.1 Å². The first-order valence-electron chi connectivity index (χ1n) is 16.1. The summed E-state index contributed by atoms with van der Waals surface area (Å²) in [5.41, 5.74) is -4.41. The van der Waals surface area contributed by atoms with E-state index in [2.05, 4.69) is 0 Å². The van der Waals surface area contributed by atoms with E-state index in [0.717, 1.165) is 38.7 Å². The average molecular weight is 675 g/mol. The van der Waals surface area contributed by atoms with Gasteiger partial charge in [-0.1, -0.05) is 12.8 Å². The lowest BCUT2D eigenvalue weighted by Crippen LogP contribution is -2.61. The van der Waals surface area contributed by atoms with Gasteiger partial charge in [0.25, 0.3) is 35.0 Å². The van der Waals surface area contributed by atoms with Crippen LogP contribution < -0.4 is 0 Å². The van der Waals surface area contributed by atoms with Crippen LogP contribution in [0, 0.1) is 5.41 Å². The molecule has 7 aliphatic rings. The molecule has 258 valence electrons. The third-order valence-electron chi connectivity index (χ3n) is 10.2. The van der Waals surface area contributed by atoms with Crippen molar-refractivity contribution in [1.29, 1.82) is 0 Å². The first-order valence-corrected chi connectivity index (χ1v) is 16.1. The van der Waals surface area contributed by atoms with E-state index in [1.165, 1.54) is 0 Å². The van der Waals surface area contributed by atoms with Crippen LogP contribution in [0.5, 0.6) is 0 Å². The van der Waals surface area contributed by atoms with Gasteiger partial charge in [0.2, 0.25) is 5.41 Å². The number of carbonyl (C=O) groups is 6. The van der Waals surface area contributed by atoms with E-state index in [0.29, 0.717) is 38.5 Å². The summed E-state index contributed by atoms with van der Waals surface area (Å²) in [4.78, 5) is 78.7. The first-order chi connectivity index (χ1) is 22.7. The fourth-order valence-corrected chi connectivity index (χ4v) is 7.33. The molecule has 0 aromatic rings. The van der Waals surface area contributed by atoms with E-state index in [1.807, 2.05) is 0 Å².